The Labute approximate surface area is 130 Å². The molecule has 1 nitrogen and oxygen atoms in total. The van der Waals surface area contributed by atoms with E-state index in [0.29, 0.717) is 6.04 Å². The standard InChI is InChI=1S/C16H15Br2N/c1-11-8-12-4-2-3-5-15(12)19(11)16-7-6-14(18)9-13(16)10-17/h2-7,9,11H,8,10H2,1H3. The lowest BCUT2D eigenvalue weighted by atomic mass is 10.1. The summed E-state index contributed by atoms with van der Waals surface area (Å²) < 4.78 is 1.13. The Balaban J connectivity index is 2.12. The number of halogens is 2. The third-order valence-electron chi connectivity index (χ3n) is 3.65. The molecule has 0 N–H and O–H groups in total. The zero-order valence-corrected chi connectivity index (χ0v) is 13.9. The van der Waals surface area contributed by atoms with Crippen molar-refractivity contribution < 1.29 is 0 Å². The number of alkyl halides is 1. The maximum Gasteiger partial charge on any atom is 0.0455 e. The van der Waals surface area contributed by atoms with E-state index in [1.54, 1.807) is 0 Å². The molecular formula is C16H15Br2N. The van der Waals surface area contributed by atoms with Crippen LogP contribution in [0.1, 0.15) is 18.1 Å². The molecule has 1 aliphatic rings. The predicted molar refractivity (Wildman–Crippen MR) is 88.5 cm³/mol. The summed E-state index contributed by atoms with van der Waals surface area (Å²) in [5.41, 5.74) is 5.41. The van der Waals surface area contributed by atoms with Crippen LogP contribution in [0, 0.1) is 0 Å². The molecule has 2 aromatic rings. The van der Waals surface area contributed by atoms with Crippen LogP contribution in [0.5, 0.6) is 0 Å². The van der Waals surface area contributed by atoms with Gasteiger partial charge in [-0.05, 0) is 48.7 Å². The fourth-order valence-electron chi connectivity index (χ4n) is 2.83. The van der Waals surface area contributed by atoms with Gasteiger partial charge in [-0.3, -0.25) is 0 Å². The third kappa shape index (κ3) is 2.34. The second-order valence-electron chi connectivity index (χ2n) is 4.96. The minimum Gasteiger partial charge on any atom is -0.338 e. The topological polar surface area (TPSA) is 3.24 Å². The number of anilines is 2. The average molecular weight is 381 g/mol. The van der Waals surface area contributed by atoms with Crippen LogP contribution in [-0.4, -0.2) is 6.04 Å². The highest BCUT2D eigenvalue weighted by atomic mass is 79.9. The Morgan fingerprint density at radius 2 is 1.95 bits per heavy atom. The van der Waals surface area contributed by atoms with Crippen molar-refractivity contribution in [3.8, 4) is 0 Å². The molecule has 1 heterocycles. The largest absolute Gasteiger partial charge is 0.338 e. The van der Waals surface area contributed by atoms with Gasteiger partial charge in [0.1, 0.15) is 0 Å². The quantitative estimate of drug-likeness (QED) is 0.628. The van der Waals surface area contributed by atoms with Crippen LogP contribution in [0.4, 0.5) is 11.4 Å². The zero-order valence-electron chi connectivity index (χ0n) is 10.7. The van der Waals surface area contributed by atoms with E-state index in [1.807, 2.05) is 0 Å². The summed E-state index contributed by atoms with van der Waals surface area (Å²) in [6.07, 6.45) is 1.12. The molecule has 2 aromatic carbocycles. The summed E-state index contributed by atoms with van der Waals surface area (Å²) in [4.78, 5) is 2.46. The maximum absolute atomic E-state index is 3.60. The number of hydrogen-bond donors (Lipinski definition) is 0. The fourth-order valence-corrected chi connectivity index (χ4v) is 3.69. The van der Waals surface area contributed by atoms with Crippen LogP contribution in [0.2, 0.25) is 0 Å². The van der Waals surface area contributed by atoms with Crippen molar-refractivity contribution in [2.24, 2.45) is 0 Å². The minimum absolute atomic E-state index is 0.511. The summed E-state index contributed by atoms with van der Waals surface area (Å²) >= 11 is 7.16. The second-order valence-corrected chi connectivity index (χ2v) is 6.43. The van der Waals surface area contributed by atoms with Crippen molar-refractivity contribution >= 4 is 43.2 Å². The van der Waals surface area contributed by atoms with Crippen LogP contribution in [0.25, 0.3) is 0 Å². The summed E-state index contributed by atoms with van der Waals surface area (Å²) in [6.45, 7) is 2.29. The predicted octanol–water partition coefficient (Wildman–Crippen LogP) is 5.43. The first-order valence-corrected chi connectivity index (χ1v) is 8.33. The van der Waals surface area contributed by atoms with Gasteiger partial charge in [0.25, 0.3) is 0 Å². The smallest absolute Gasteiger partial charge is 0.0455 e. The molecule has 0 fully saturated rings. The zero-order chi connectivity index (χ0) is 13.4. The van der Waals surface area contributed by atoms with Gasteiger partial charge in [0.05, 0.1) is 0 Å². The molecule has 0 saturated carbocycles. The van der Waals surface area contributed by atoms with Gasteiger partial charge in [0.15, 0.2) is 0 Å². The van der Waals surface area contributed by atoms with E-state index in [-0.39, 0.29) is 0 Å². The van der Waals surface area contributed by atoms with E-state index in [0.717, 1.165) is 16.2 Å². The third-order valence-corrected chi connectivity index (χ3v) is 4.75. The molecule has 0 saturated heterocycles. The van der Waals surface area contributed by atoms with Crippen molar-refractivity contribution in [3.05, 3.63) is 58.1 Å². The summed E-state index contributed by atoms with van der Waals surface area (Å²) in [7, 11) is 0. The average Bonchev–Trinajstić information content (AvgIpc) is 2.74. The Kier molecular flexibility index (Phi) is 3.68. The molecule has 3 rings (SSSR count). The molecule has 3 heteroatoms. The molecule has 19 heavy (non-hydrogen) atoms. The van der Waals surface area contributed by atoms with E-state index in [9.17, 15) is 0 Å². The molecule has 0 spiro atoms. The van der Waals surface area contributed by atoms with Crippen molar-refractivity contribution in [2.75, 3.05) is 4.90 Å². The molecule has 1 unspecified atom stereocenters. The molecule has 1 aliphatic heterocycles. The maximum atomic E-state index is 3.60. The molecule has 1 atom stereocenters. The molecule has 0 aromatic heterocycles. The monoisotopic (exact) mass is 379 g/mol. The number of fused-ring (bicyclic) bond motifs is 1. The van der Waals surface area contributed by atoms with Crippen LogP contribution < -0.4 is 4.90 Å². The Morgan fingerprint density at radius 3 is 2.74 bits per heavy atom. The molecule has 0 amide bonds. The van der Waals surface area contributed by atoms with Gasteiger partial charge in [-0.25, -0.2) is 0 Å². The highest BCUT2D eigenvalue weighted by Crippen LogP contribution is 2.40. The first kappa shape index (κ1) is 13.2. The first-order valence-electron chi connectivity index (χ1n) is 6.42. The Hall–Kier alpha value is -0.800. The van der Waals surface area contributed by atoms with Gasteiger partial charge in [-0.1, -0.05) is 50.1 Å². The van der Waals surface area contributed by atoms with Gasteiger partial charge in [-0.2, -0.15) is 0 Å². The van der Waals surface area contributed by atoms with Crippen LogP contribution >= 0.6 is 31.9 Å². The lowest BCUT2D eigenvalue weighted by Crippen LogP contribution is -2.24. The normalized spacial score (nSPS) is 17.6. The first-order chi connectivity index (χ1) is 9.20. The van der Waals surface area contributed by atoms with Crippen LogP contribution in [-0.2, 0) is 11.8 Å². The number of nitrogens with zero attached hydrogens (tertiary/aromatic N) is 1. The summed E-state index contributed by atoms with van der Waals surface area (Å²) in [5.74, 6) is 0. The summed E-state index contributed by atoms with van der Waals surface area (Å²) in [6, 6.07) is 15.7. The van der Waals surface area contributed by atoms with Crippen LogP contribution in [0.3, 0.4) is 0 Å². The van der Waals surface area contributed by atoms with Crippen molar-refractivity contribution in [2.45, 2.75) is 24.7 Å². The van der Waals surface area contributed by atoms with Gasteiger partial charge >= 0.3 is 0 Å². The van der Waals surface area contributed by atoms with Gasteiger partial charge in [0.2, 0.25) is 0 Å². The van der Waals surface area contributed by atoms with E-state index in [1.165, 1.54) is 22.5 Å². The Bertz CT molecular complexity index is 609. The van der Waals surface area contributed by atoms with Crippen molar-refractivity contribution in [3.63, 3.8) is 0 Å². The molecule has 0 radical (unpaired) electrons. The highest BCUT2D eigenvalue weighted by Gasteiger charge is 2.27. The van der Waals surface area contributed by atoms with E-state index < -0.39 is 0 Å². The number of benzene rings is 2. The SMILES string of the molecule is CC1Cc2ccccc2N1c1ccc(Br)cc1CBr. The summed E-state index contributed by atoms with van der Waals surface area (Å²) in [5, 5.41) is 0.868. The van der Waals surface area contributed by atoms with Gasteiger partial charge in [0, 0.05) is 27.2 Å². The number of hydrogen-bond acceptors (Lipinski definition) is 1. The van der Waals surface area contributed by atoms with Gasteiger partial charge < -0.3 is 4.90 Å². The Morgan fingerprint density at radius 1 is 1.16 bits per heavy atom. The van der Waals surface area contributed by atoms with Gasteiger partial charge in [-0.15, -0.1) is 0 Å². The van der Waals surface area contributed by atoms with E-state index in [4.69, 9.17) is 0 Å². The minimum atomic E-state index is 0.511. The van der Waals surface area contributed by atoms with Crippen molar-refractivity contribution in [1.82, 2.24) is 0 Å². The van der Waals surface area contributed by atoms with E-state index >= 15 is 0 Å². The molecule has 0 bridgehead atoms. The lowest BCUT2D eigenvalue weighted by Gasteiger charge is -2.27. The molecule has 0 aliphatic carbocycles. The lowest BCUT2D eigenvalue weighted by molar-refractivity contribution is 0.757. The molecule has 98 valence electrons. The highest BCUT2D eigenvalue weighted by molar-refractivity contribution is 9.10. The molecular weight excluding hydrogens is 366 g/mol. The second kappa shape index (κ2) is 5.29. The van der Waals surface area contributed by atoms with E-state index in [2.05, 4.69) is 86.1 Å². The van der Waals surface area contributed by atoms with Crippen LogP contribution in [0.15, 0.2) is 46.9 Å². The fraction of sp³-hybridized carbons (Fsp3) is 0.250. The van der Waals surface area contributed by atoms with Crippen molar-refractivity contribution in [1.29, 1.82) is 0 Å². The number of para-hydroxylation sites is 1. The number of rotatable bonds is 2.